The van der Waals surface area contributed by atoms with E-state index in [1.54, 1.807) is 6.20 Å². The lowest BCUT2D eigenvalue weighted by Crippen LogP contribution is -1.83. The summed E-state index contributed by atoms with van der Waals surface area (Å²) in [5, 5.41) is 3.69. The Morgan fingerprint density at radius 1 is 1.43 bits per heavy atom. The van der Waals surface area contributed by atoms with Crippen LogP contribution in [0.5, 0.6) is 0 Å². The fourth-order valence-corrected chi connectivity index (χ4v) is 1.13. The summed E-state index contributed by atoms with van der Waals surface area (Å²) in [6.07, 6.45) is 1.70. The maximum atomic E-state index is 5.55. The van der Waals surface area contributed by atoms with Crippen LogP contribution < -0.4 is 0 Å². The molecule has 14 heavy (non-hydrogen) atoms. The molecule has 2 aromatic rings. The van der Waals surface area contributed by atoms with Gasteiger partial charge in [-0.3, -0.25) is 4.98 Å². The van der Waals surface area contributed by atoms with Crippen LogP contribution in [0.4, 0.5) is 0 Å². The van der Waals surface area contributed by atoms with Crippen molar-refractivity contribution in [3.05, 3.63) is 29.8 Å². The van der Waals surface area contributed by atoms with Gasteiger partial charge in [-0.2, -0.15) is 4.98 Å². The zero-order valence-corrected chi connectivity index (χ0v) is 8.32. The van der Waals surface area contributed by atoms with Gasteiger partial charge in [-0.15, -0.1) is 11.6 Å². The molecule has 0 saturated heterocycles. The molecule has 0 radical (unpaired) electrons. The highest BCUT2D eigenvalue weighted by Gasteiger charge is 2.07. The van der Waals surface area contributed by atoms with Crippen LogP contribution in [0.2, 0.25) is 0 Å². The first-order valence-corrected chi connectivity index (χ1v) is 4.64. The van der Waals surface area contributed by atoms with Gasteiger partial charge in [0.2, 0.25) is 0 Å². The van der Waals surface area contributed by atoms with Gasteiger partial charge in [0, 0.05) is 11.9 Å². The number of halogens is 1. The van der Waals surface area contributed by atoms with Crippen LogP contribution in [0.15, 0.2) is 22.9 Å². The molecular formula is C9H8ClN3O. The molecule has 2 heterocycles. The first-order chi connectivity index (χ1) is 6.79. The predicted molar refractivity (Wildman–Crippen MR) is 51.8 cm³/mol. The van der Waals surface area contributed by atoms with Crippen molar-refractivity contribution >= 4 is 11.6 Å². The van der Waals surface area contributed by atoms with Crippen molar-refractivity contribution in [3.63, 3.8) is 0 Å². The van der Waals surface area contributed by atoms with Crippen LogP contribution in [-0.2, 0) is 5.88 Å². The molecule has 0 aromatic carbocycles. The van der Waals surface area contributed by atoms with Gasteiger partial charge in [-0.05, 0) is 19.1 Å². The minimum atomic E-state index is 0.253. The number of aromatic nitrogens is 3. The number of rotatable bonds is 2. The highest BCUT2D eigenvalue weighted by atomic mass is 35.5. The molecule has 5 heteroatoms. The Morgan fingerprint density at radius 2 is 2.29 bits per heavy atom. The smallest absolute Gasteiger partial charge is 0.259 e. The Morgan fingerprint density at radius 3 is 2.86 bits per heavy atom. The average molecular weight is 210 g/mol. The van der Waals surface area contributed by atoms with Crippen LogP contribution >= 0.6 is 11.6 Å². The first-order valence-electron chi connectivity index (χ1n) is 4.11. The average Bonchev–Trinajstić information content (AvgIpc) is 2.67. The van der Waals surface area contributed by atoms with Crippen LogP contribution in [0.25, 0.3) is 11.5 Å². The summed E-state index contributed by atoms with van der Waals surface area (Å²) < 4.78 is 5.00. The summed E-state index contributed by atoms with van der Waals surface area (Å²) in [6, 6.07) is 3.77. The fourth-order valence-electron chi connectivity index (χ4n) is 1.02. The number of nitrogens with zero attached hydrogens (tertiary/aromatic N) is 3. The van der Waals surface area contributed by atoms with Gasteiger partial charge in [0.1, 0.15) is 0 Å². The SMILES string of the molecule is Cc1ccc(-c2nc(CCl)no2)cn1. The summed E-state index contributed by atoms with van der Waals surface area (Å²) >= 11 is 5.55. The maximum Gasteiger partial charge on any atom is 0.259 e. The molecule has 2 aromatic heterocycles. The second-order valence-corrected chi connectivity index (χ2v) is 3.10. The van der Waals surface area contributed by atoms with Gasteiger partial charge < -0.3 is 4.52 Å². The molecule has 0 saturated carbocycles. The van der Waals surface area contributed by atoms with Crippen molar-refractivity contribution in [2.75, 3.05) is 0 Å². The fraction of sp³-hybridized carbons (Fsp3) is 0.222. The Hall–Kier alpha value is -1.42. The number of pyridine rings is 1. The third-order valence-electron chi connectivity index (χ3n) is 1.75. The summed E-state index contributed by atoms with van der Waals surface area (Å²) in [6.45, 7) is 1.92. The Labute approximate surface area is 85.9 Å². The minimum Gasteiger partial charge on any atom is -0.334 e. The molecule has 2 rings (SSSR count). The van der Waals surface area contributed by atoms with Crippen molar-refractivity contribution in [2.45, 2.75) is 12.8 Å². The van der Waals surface area contributed by atoms with E-state index in [4.69, 9.17) is 16.1 Å². The molecule has 0 fully saturated rings. The monoisotopic (exact) mass is 209 g/mol. The lowest BCUT2D eigenvalue weighted by atomic mass is 10.2. The highest BCUT2D eigenvalue weighted by molar-refractivity contribution is 6.16. The normalized spacial score (nSPS) is 10.4. The van der Waals surface area contributed by atoms with Crippen molar-refractivity contribution < 1.29 is 4.52 Å². The predicted octanol–water partition coefficient (Wildman–Crippen LogP) is 2.18. The van der Waals surface area contributed by atoms with Crippen molar-refractivity contribution in [1.82, 2.24) is 15.1 Å². The van der Waals surface area contributed by atoms with Crippen molar-refractivity contribution in [2.24, 2.45) is 0 Å². The van der Waals surface area contributed by atoms with E-state index in [-0.39, 0.29) is 5.88 Å². The van der Waals surface area contributed by atoms with E-state index in [0.717, 1.165) is 11.3 Å². The Bertz CT molecular complexity index is 424. The van der Waals surface area contributed by atoms with E-state index in [0.29, 0.717) is 11.7 Å². The maximum absolute atomic E-state index is 5.55. The van der Waals surface area contributed by atoms with Crippen molar-refractivity contribution in [3.8, 4) is 11.5 Å². The largest absolute Gasteiger partial charge is 0.334 e. The van der Waals surface area contributed by atoms with Crippen molar-refractivity contribution in [1.29, 1.82) is 0 Å². The number of hydrogen-bond acceptors (Lipinski definition) is 4. The molecular weight excluding hydrogens is 202 g/mol. The van der Waals surface area contributed by atoms with E-state index >= 15 is 0 Å². The lowest BCUT2D eigenvalue weighted by molar-refractivity contribution is 0.425. The van der Waals surface area contributed by atoms with Gasteiger partial charge in [0.05, 0.1) is 11.4 Å². The van der Waals surface area contributed by atoms with Gasteiger partial charge in [-0.1, -0.05) is 5.16 Å². The number of hydrogen-bond donors (Lipinski definition) is 0. The lowest BCUT2D eigenvalue weighted by Gasteiger charge is -1.93. The zero-order chi connectivity index (χ0) is 9.97. The van der Waals surface area contributed by atoms with Crippen LogP contribution in [0.3, 0.4) is 0 Å². The van der Waals surface area contributed by atoms with E-state index in [1.165, 1.54) is 0 Å². The van der Waals surface area contributed by atoms with E-state index in [9.17, 15) is 0 Å². The summed E-state index contributed by atoms with van der Waals surface area (Å²) in [4.78, 5) is 8.21. The molecule has 0 aliphatic heterocycles. The van der Waals surface area contributed by atoms with Gasteiger partial charge in [0.25, 0.3) is 5.89 Å². The molecule has 72 valence electrons. The Balaban J connectivity index is 2.34. The minimum absolute atomic E-state index is 0.253. The summed E-state index contributed by atoms with van der Waals surface area (Å²) in [5.41, 5.74) is 1.75. The highest BCUT2D eigenvalue weighted by Crippen LogP contribution is 2.16. The summed E-state index contributed by atoms with van der Waals surface area (Å²) in [5.74, 6) is 1.19. The van der Waals surface area contributed by atoms with Crippen LogP contribution in [0.1, 0.15) is 11.5 Å². The van der Waals surface area contributed by atoms with Gasteiger partial charge >= 0.3 is 0 Å². The van der Waals surface area contributed by atoms with Crippen LogP contribution in [0, 0.1) is 6.92 Å². The number of alkyl halides is 1. The molecule has 0 unspecified atom stereocenters. The molecule has 0 bridgehead atoms. The second-order valence-electron chi connectivity index (χ2n) is 2.84. The molecule has 0 aliphatic rings. The quantitative estimate of drug-likeness (QED) is 0.712. The molecule has 0 spiro atoms. The Kier molecular flexibility index (Phi) is 2.45. The van der Waals surface area contributed by atoms with E-state index in [1.807, 2.05) is 19.1 Å². The molecule has 4 nitrogen and oxygen atoms in total. The topological polar surface area (TPSA) is 51.8 Å². The first kappa shape index (κ1) is 9.15. The standard InChI is InChI=1S/C9H8ClN3O/c1-6-2-3-7(5-11-6)9-12-8(4-10)13-14-9/h2-3,5H,4H2,1H3. The molecule has 0 amide bonds. The summed E-state index contributed by atoms with van der Waals surface area (Å²) in [7, 11) is 0. The molecule has 0 aliphatic carbocycles. The third kappa shape index (κ3) is 1.75. The molecule has 0 atom stereocenters. The molecule has 0 N–H and O–H groups in total. The number of aryl methyl sites for hydroxylation is 1. The van der Waals surface area contributed by atoms with Crippen LogP contribution in [-0.4, -0.2) is 15.1 Å². The second kappa shape index (κ2) is 3.75. The van der Waals surface area contributed by atoms with Gasteiger partial charge in [0.15, 0.2) is 5.82 Å². The third-order valence-corrected chi connectivity index (χ3v) is 1.98. The van der Waals surface area contributed by atoms with E-state index < -0.39 is 0 Å². The van der Waals surface area contributed by atoms with Gasteiger partial charge in [-0.25, -0.2) is 0 Å². The zero-order valence-electron chi connectivity index (χ0n) is 7.57. The van der Waals surface area contributed by atoms with E-state index in [2.05, 4.69) is 15.1 Å².